The summed E-state index contributed by atoms with van der Waals surface area (Å²) in [4.78, 5) is 0. The van der Waals surface area contributed by atoms with Crippen molar-refractivity contribution in [1.29, 1.82) is 0 Å². The molecule has 4 nitrogen and oxygen atoms in total. The molecule has 0 rings (SSSR count). The molecule has 0 fully saturated rings. The summed E-state index contributed by atoms with van der Waals surface area (Å²) < 4.78 is 10.4. The number of hydrogen-bond acceptors (Lipinski definition) is 4. The quantitative estimate of drug-likeness (QED) is 0.440. The molecule has 16 heavy (non-hydrogen) atoms. The van der Waals surface area contributed by atoms with E-state index in [-0.39, 0.29) is 25.4 Å². The summed E-state index contributed by atoms with van der Waals surface area (Å²) in [5, 5.41) is 18.4. The fourth-order valence-corrected chi connectivity index (χ4v) is 1.57. The van der Waals surface area contributed by atoms with Crippen LogP contribution in [-0.2, 0) is 9.47 Å². The average Bonchev–Trinajstić information content (AvgIpc) is 2.24. The molecule has 0 heterocycles. The van der Waals surface area contributed by atoms with Crippen molar-refractivity contribution in [2.45, 2.75) is 38.4 Å². The SMILES string of the molecule is C=CC[C@H](C)[C@@H](C[C@H](O)CCO)OCOC. The predicted octanol–water partition coefficient (Wildman–Crippen LogP) is 1.32. The lowest BCUT2D eigenvalue weighted by molar-refractivity contribution is -0.102. The summed E-state index contributed by atoms with van der Waals surface area (Å²) in [5.74, 6) is 0.279. The van der Waals surface area contributed by atoms with Gasteiger partial charge in [0.25, 0.3) is 0 Å². The highest BCUT2D eigenvalue weighted by Gasteiger charge is 2.20. The predicted molar refractivity (Wildman–Crippen MR) is 63.1 cm³/mol. The molecule has 96 valence electrons. The smallest absolute Gasteiger partial charge is 0.146 e. The molecule has 0 aliphatic heterocycles. The second-order valence-corrected chi connectivity index (χ2v) is 4.02. The maximum Gasteiger partial charge on any atom is 0.146 e. The van der Waals surface area contributed by atoms with E-state index in [1.165, 1.54) is 0 Å². The van der Waals surface area contributed by atoms with Crippen molar-refractivity contribution in [2.75, 3.05) is 20.5 Å². The molecule has 0 radical (unpaired) electrons. The van der Waals surface area contributed by atoms with Crippen LogP contribution >= 0.6 is 0 Å². The molecule has 4 heteroatoms. The first-order chi connectivity index (χ1) is 7.65. The number of rotatable bonds is 10. The minimum Gasteiger partial charge on any atom is -0.396 e. The number of ether oxygens (including phenoxy) is 2. The molecule has 0 aliphatic rings. The molecule has 0 spiro atoms. The zero-order valence-corrected chi connectivity index (χ0v) is 10.3. The first kappa shape index (κ1) is 15.6. The molecular weight excluding hydrogens is 208 g/mol. The first-order valence-corrected chi connectivity index (χ1v) is 5.66. The van der Waals surface area contributed by atoms with Gasteiger partial charge in [-0.1, -0.05) is 13.0 Å². The van der Waals surface area contributed by atoms with E-state index in [9.17, 15) is 5.11 Å². The summed E-state index contributed by atoms with van der Waals surface area (Å²) in [7, 11) is 1.57. The Morgan fingerprint density at radius 3 is 2.62 bits per heavy atom. The van der Waals surface area contributed by atoms with E-state index in [0.717, 1.165) is 6.42 Å². The molecule has 0 aromatic rings. The van der Waals surface area contributed by atoms with Gasteiger partial charge in [-0.15, -0.1) is 6.58 Å². The monoisotopic (exact) mass is 232 g/mol. The summed E-state index contributed by atoms with van der Waals surface area (Å²) in [6.45, 7) is 5.95. The Balaban J connectivity index is 4.12. The van der Waals surface area contributed by atoms with E-state index < -0.39 is 6.10 Å². The second kappa shape index (κ2) is 9.78. The number of allylic oxidation sites excluding steroid dienone is 1. The molecule has 0 unspecified atom stereocenters. The molecule has 2 N–H and O–H groups in total. The number of aliphatic hydroxyl groups is 2. The molecule has 0 aliphatic carbocycles. The van der Waals surface area contributed by atoms with Crippen LogP contribution in [0.15, 0.2) is 12.7 Å². The van der Waals surface area contributed by atoms with Crippen LogP contribution < -0.4 is 0 Å². The fraction of sp³-hybridized carbons (Fsp3) is 0.833. The Morgan fingerprint density at radius 2 is 2.12 bits per heavy atom. The second-order valence-electron chi connectivity index (χ2n) is 4.02. The number of aliphatic hydroxyl groups excluding tert-OH is 2. The topological polar surface area (TPSA) is 58.9 Å². The zero-order valence-electron chi connectivity index (χ0n) is 10.3. The van der Waals surface area contributed by atoms with Crippen molar-refractivity contribution in [3.63, 3.8) is 0 Å². The minimum absolute atomic E-state index is 0.00595. The van der Waals surface area contributed by atoms with Crippen LogP contribution in [0.5, 0.6) is 0 Å². The molecule has 0 aromatic heterocycles. The molecule has 0 saturated carbocycles. The van der Waals surface area contributed by atoms with Crippen LogP contribution in [0.3, 0.4) is 0 Å². The minimum atomic E-state index is -0.529. The van der Waals surface area contributed by atoms with Crippen LogP contribution in [0.4, 0.5) is 0 Å². The Hall–Kier alpha value is -0.420. The van der Waals surface area contributed by atoms with Gasteiger partial charge in [0, 0.05) is 13.7 Å². The Labute approximate surface area is 97.9 Å². The third kappa shape index (κ3) is 6.95. The molecule has 0 bridgehead atoms. The van der Waals surface area contributed by atoms with Gasteiger partial charge >= 0.3 is 0 Å². The van der Waals surface area contributed by atoms with Gasteiger partial charge in [-0.25, -0.2) is 0 Å². The van der Waals surface area contributed by atoms with Gasteiger partial charge in [0.2, 0.25) is 0 Å². The van der Waals surface area contributed by atoms with E-state index in [0.29, 0.717) is 12.8 Å². The maximum atomic E-state index is 9.63. The van der Waals surface area contributed by atoms with Gasteiger partial charge in [0.15, 0.2) is 0 Å². The van der Waals surface area contributed by atoms with Gasteiger partial charge in [-0.05, 0) is 25.2 Å². The van der Waals surface area contributed by atoms with Gasteiger partial charge < -0.3 is 19.7 Å². The highest BCUT2D eigenvalue weighted by atomic mass is 16.7. The largest absolute Gasteiger partial charge is 0.396 e. The third-order valence-corrected chi connectivity index (χ3v) is 2.54. The van der Waals surface area contributed by atoms with E-state index in [4.69, 9.17) is 14.6 Å². The number of hydrogen-bond donors (Lipinski definition) is 2. The Bertz CT molecular complexity index is 172. The van der Waals surface area contributed by atoms with Gasteiger partial charge in [-0.3, -0.25) is 0 Å². The summed E-state index contributed by atoms with van der Waals surface area (Å²) in [5.41, 5.74) is 0. The normalized spacial score (nSPS) is 16.8. The lowest BCUT2D eigenvalue weighted by Gasteiger charge is -2.25. The lowest BCUT2D eigenvalue weighted by Crippen LogP contribution is -2.28. The summed E-state index contributed by atoms with van der Waals surface area (Å²) >= 11 is 0. The average molecular weight is 232 g/mol. The standard InChI is InChI=1S/C12H24O4/c1-4-5-10(2)12(16-9-15-3)8-11(14)6-7-13/h4,10-14H,1,5-9H2,2-3H3/t10-,11+,12+/m0/s1. The molecular formula is C12H24O4. The van der Waals surface area contributed by atoms with E-state index in [1.807, 2.05) is 13.0 Å². The summed E-state index contributed by atoms with van der Waals surface area (Å²) in [6, 6.07) is 0. The molecule has 3 atom stereocenters. The van der Waals surface area contributed by atoms with Crippen LogP contribution in [-0.4, -0.2) is 42.9 Å². The number of methoxy groups -OCH3 is 1. The zero-order chi connectivity index (χ0) is 12.4. The van der Waals surface area contributed by atoms with Crippen molar-refractivity contribution in [3.8, 4) is 0 Å². The molecule has 0 aromatic carbocycles. The van der Waals surface area contributed by atoms with Crippen LogP contribution in [0.1, 0.15) is 26.2 Å². The third-order valence-electron chi connectivity index (χ3n) is 2.54. The first-order valence-electron chi connectivity index (χ1n) is 5.66. The van der Waals surface area contributed by atoms with Gasteiger partial charge in [0.05, 0.1) is 12.2 Å². The van der Waals surface area contributed by atoms with E-state index in [1.54, 1.807) is 7.11 Å². The van der Waals surface area contributed by atoms with Gasteiger partial charge in [-0.2, -0.15) is 0 Å². The Morgan fingerprint density at radius 1 is 1.44 bits per heavy atom. The lowest BCUT2D eigenvalue weighted by atomic mass is 9.95. The van der Waals surface area contributed by atoms with Crippen LogP contribution in [0, 0.1) is 5.92 Å². The molecule has 0 amide bonds. The van der Waals surface area contributed by atoms with E-state index >= 15 is 0 Å². The highest BCUT2D eigenvalue weighted by Crippen LogP contribution is 2.18. The van der Waals surface area contributed by atoms with Crippen LogP contribution in [0.25, 0.3) is 0 Å². The summed E-state index contributed by atoms with van der Waals surface area (Å²) in [6.07, 6.45) is 2.97. The van der Waals surface area contributed by atoms with Crippen molar-refractivity contribution in [2.24, 2.45) is 5.92 Å². The highest BCUT2D eigenvalue weighted by molar-refractivity contribution is 4.78. The van der Waals surface area contributed by atoms with Crippen LogP contribution in [0.2, 0.25) is 0 Å². The van der Waals surface area contributed by atoms with Crippen molar-refractivity contribution in [1.82, 2.24) is 0 Å². The van der Waals surface area contributed by atoms with Gasteiger partial charge in [0.1, 0.15) is 6.79 Å². The molecule has 0 saturated heterocycles. The Kier molecular flexibility index (Phi) is 9.52. The van der Waals surface area contributed by atoms with Crippen molar-refractivity contribution < 1.29 is 19.7 Å². The van der Waals surface area contributed by atoms with Crippen molar-refractivity contribution in [3.05, 3.63) is 12.7 Å². The van der Waals surface area contributed by atoms with E-state index in [2.05, 4.69) is 6.58 Å². The van der Waals surface area contributed by atoms with Crippen molar-refractivity contribution >= 4 is 0 Å². The fourth-order valence-electron chi connectivity index (χ4n) is 1.57. The maximum absolute atomic E-state index is 9.63.